The highest BCUT2D eigenvalue weighted by Crippen LogP contribution is 2.33. The lowest BCUT2D eigenvalue weighted by molar-refractivity contribution is -0.140. The topological polar surface area (TPSA) is 96.0 Å². The van der Waals surface area contributed by atoms with Crippen LogP contribution < -0.4 is 14.4 Å². The Bertz CT molecular complexity index is 1720. The molecule has 0 unspecified atom stereocenters. The highest BCUT2D eigenvalue weighted by Gasteiger charge is 2.35. The van der Waals surface area contributed by atoms with Crippen molar-refractivity contribution >= 4 is 55.1 Å². The van der Waals surface area contributed by atoms with E-state index in [0.29, 0.717) is 17.3 Å². The second-order valence-corrected chi connectivity index (χ2v) is 14.1. The molecule has 0 fully saturated rings. The predicted molar refractivity (Wildman–Crippen MR) is 190 cm³/mol. The summed E-state index contributed by atoms with van der Waals surface area (Å²) in [5.74, 6) is -0.559. The molecule has 1 N–H and O–H groups in total. The number of nitrogens with zero attached hydrogens (tertiary/aromatic N) is 2. The van der Waals surface area contributed by atoms with Gasteiger partial charge in [-0.25, -0.2) is 8.42 Å². The second-order valence-electron chi connectivity index (χ2n) is 10.9. The Morgan fingerprint density at radius 2 is 1.53 bits per heavy atom. The van der Waals surface area contributed by atoms with Gasteiger partial charge < -0.3 is 15.0 Å². The first-order chi connectivity index (χ1) is 22.6. The fourth-order valence-corrected chi connectivity index (χ4v) is 6.85. The lowest BCUT2D eigenvalue weighted by Gasteiger charge is -2.34. The van der Waals surface area contributed by atoms with Gasteiger partial charge in [0.25, 0.3) is 10.0 Å². The van der Waals surface area contributed by atoms with Gasteiger partial charge in [0, 0.05) is 29.0 Å². The monoisotopic (exact) mass is 739 g/mol. The Balaban J connectivity index is 1.82. The van der Waals surface area contributed by atoms with E-state index in [0.717, 1.165) is 32.7 Å². The lowest BCUT2D eigenvalue weighted by atomic mass is 10.0. The third-order valence-corrected chi connectivity index (χ3v) is 10.0. The number of para-hydroxylation sites is 2. The van der Waals surface area contributed by atoms with Crippen LogP contribution in [0.1, 0.15) is 37.8 Å². The Morgan fingerprint density at radius 3 is 2.19 bits per heavy atom. The Kier molecular flexibility index (Phi) is 13.3. The normalized spacial score (nSPS) is 11.8. The average Bonchev–Trinajstić information content (AvgIpc) is 3.07. The van der Waals surface area contributed by atoms with Crippen LogP contribution in [0.25, 0.3) is 0 Å². The third kappa shape index (κ3) is 9.82. The number of ether oxygens (including phenoxy) is 1. The molecule has 0 aliphatic heterocycles. The smallest absolute Gasteiger partial charge is 0.264 e. The molecule has 8 nitrogen and oxygen atoms in total. The molecule has 0 spiro atoms. The number of rotatable bonds is 16. The number of carbonyl (C=O) groups is 2. The summed E-state index contributed by atoms with van der Waals surface area (Å²) in [7, 11) is -4.30. The van der Waals surface area contributed by atoms with Crippen LogP contribution in [-0.2, 0) is 32.6 Å². The highest BCUT2D eigenvalue weighted by molar-refractivity contribution is 9.10. The van der Waals surface area contributed by atoms with Crippen molar-refractivity contribution in [2.24, 2.45) is 0 Å². The first-order valence-corrected chi connectivity index (χ1v) is 18.1. The fraction of sp³-hybridized carbons (Fsp3) is 0.278. The molecule has 4 aromatic rings. The van der Waals surface area contributed by atoms with E-state index in [2.05, 4.69) is 21.2 Å². The zero-order chi connectivity index (χ0) is 33.8. The van der Waals surface area contributed by atoms with Gasteiger partial charge in [-0.1, -0.05) is 95.5 Å². The number of nitrogens with one attached hydrogen (secondary N) is 1. The van der Waals surface area contributed by atoms with E-state index >= 15 is 0 Å². The zero-order valence-corrected chi connectivity index (χ0v) is 29.6. The maximum absolute atomic E-state index is 14.6. The molecule has 1 atom stereocenters. The number of halogens is 2. The highest BCUT2D eigenvalue weighted by atomic mass is 79.9. The predicted octanol–water partition coefficient (Wildman–Crippen LogP) is 7.25. The average molecular weight is 741 g/mol. The Hall–Kier alpha value is -3.86. The molecule has 0 aliphatic rings. The number of hydrogen-bond donors (Lipinski definition) is 1. The van der Waals surface area contributed by atoms with Crippen LogP contribution in [0.3, 0.4) is 0 Å². The molecule has 2 amide bonds. The molecule has 0 aromatic heterocycles. The SMILES string of the molecule is CCCCNC(=O)[C@H](Cc1ccccc1)N(Cc1ccc(Br)cc1)C(=O)CN(c1ccccc1OCC)S(=O)(=O)c1ccc(Cl)cc1. The minimum absolute atomic E-state index is 0.0430. The summed E-state index contributed by atoms with van der Waals surface area (Å²) in [6, 6.07) is 28.5. The molecule has 0 saturated carbocycles. The van der Waals surface area contributed by atoms with E-state index in [1.807, 2.05) is 61.5 Å². The Morgan fingerprint density at radius 1 is 0.872 bits per heavy atom. The van der Waals surface area contributed by atoms with Crippen LogP contribution in [0.4, 0.5) is 5.69 Å². The zero-order valence-electron chi connectivity index (χ0n) is 26.4. The van der Waals surface area contributed by atoms with Crippen molar-refractivity contribution in [3.8, 4) is 5.75 Å². The molecule has 47 heavy (non-hydrogen) atoms. The van der Waals surface area contributed by atoms with E-state index in [-0.39, 0.29) is 36.1 Å². The lowest BCUT2D eigenvalue weighted by Crippen LogP contribution is -2.53. The molecule has 4 rings (SSSR count). The number of sulfonamides is 1. The minimum Gasteiger partial charge on any atom is -0.492 e. The van der Waals surface area contributed by atoms with Crippen molar-refractivity contribution in [3.63, 3.8) is 0 Å². The largest absolute Gasteiger partial charge is 0.492 e. The van der Waals surface area contributed by atoms with Gasteiger partial charge in [0.1, 0.15) is 18.3 Å². The fourth-order valence-electron chi connectivity index (χ4n) is 5.03. The van der Waals surface area contributed by atoms with E-state index in [1.165, 1.54) is 29.2 Å². The van der Waals surface area contributed by atoms with Gasteiger partial charge in [-0.15, -0.1) is 0 Å². The van der Waals surface area contributed by atoms with Crippen molar-refractivity contribution in [2.45, 2.75) is 50.6 Å². The number of carbonyl (C=O) groups excluding carboxylic acids is 2. The standard InChI is InChI=1S/C36H39BrClN3O5S/c1-3-5-23-39-36(43)33(24-27-11-7-6-8-12-27)40(25-28-15-17-29(37)18-16-28)35(42)26-41(32-13-9-10-14-34(32)46-4-2)47(44,45)31-21-19-30(38)20-22-31/h6-22,33H,3-5,23-26H2,1-2H3,(H,39,43)/t33-/m0/s1. The number of benzene rings is 4. The molecular formula is C36H39BrClN3O5S. The quantitative estimate of drug-likeness (QED) is 0.122. The Labute approximate surface area is 290 Å². The molecule has 0 radical (unpaired) electrons. The van der Waals surface area contributed by atoms with Crippen molar-refractivity contribution in [3.05, 3.63) is 124 Å². The molecule has 0 heterocycles. The maximum atomic E-state index is 14.6. The first kappa shape index (κ1) is 36.0. The van der Waals surface area contributed by atoms with Gasteiger partial charge in [-0.05, 0) is 73.0 Å². The van der Waals surface area contributed by atoms with Crippen LogP contribution in [0.15, 0.2) is 112 Å². The first-order valence-electron chi connectivity index (χ1n) is 15.5. The molecule has 4 aromatic carbocycles. The maximum Gasteiger partial charge on any atom is 0.264 e. The van der Waals surface area contributed by atoms with Crippen molar-refractivity contribution < 1.29 is 22.7 Å². The summed E-state index contributed by atoms with van der Waals surface area (Å²) < 4.78 is 36.3. The molecule has 248 valence electrons. The summed E-state index contributed by atoms with van der Waals surface area (Å²) in [5.41, 5.74) is 1.85. The molecule has 11 heteroatoms. The third-order valence-electron chi connectivity index (χ3n) is 7.48. The molecular weight excluding hydrogens is 702 g/mol. The van der Waals surface area contributed by atoms with Crippen molar-refractivity contribution in [2.75, 3.05) is 24.0 Å². The van der Waals surface area contributed by atoms with Crippen LogP contribution in [0.5, 0.6) is 5.75 Å². The second kappa shape index (κ2) is 17.3. The van der Waals surface area contributed by atoms with Crippen molar-refractivity contribution in [1.29, 1.82) is 0 Å². The molecule has 0 bridgehead atoms. The number of anilines is 1. The van der Waals surface area contributed by atoms with E-state index < -0.39 is 28.5 Å². The minimum atomic E-state index is -4.30. The summed E-state index contributed by atoms with van der Waals surface area (Å²) in [4.78, 5) is 29.9. The van der Waals surface area contributed by atoms with Gasteiger partial charge in [-0.2, -0.15) is 0 Å². The van der Waals surface area contributed by atoms with Crippen LogP contribution in [0.2, 0.25) is 5.02 Å². The molecule has 0 saturated heterocycles. The van der Waals surface area contributed by atoms with Gasteiger partial charge >= 0.3 is 0 Å². The van der Waals surface area contributed by atoms with E-state index in [4.69, 9.17) is 16.3 Å². The van der Waals surface area contributed by atoms with E-state index in [9.17, 15) is 18.0 Å². The van der Waals surface area contributed by atoms with E-state index in [1.54, 1.807) is 31.2 Å². The van der Waals surface area contributed by atoms with Gasteiger partial charge in [0.2, 0.25) is 11.8 Å². The number of hydrogen-bond acceptors (Lipinski definition) is 5. The summed E-state index contributed by atoms with van der Waals surface area (Å²) in [5, 5.41) is 3.38. The number of unbranched alkanes of at least 4 members (excludes halogenated alkanes) is 1. The van der Waals surface area contributed by atoms with Crippen molar-refractivity contribution in [1.82, 2.24) is 10.2 Å². The number of amides is 2. The van der Waals surface area contributed by atoms with Crippen LogP contribution in [-0.4, -0.2) is 50.9 Å². The summed E-state index contributed by atoms with van der Waals surface area (Å²) in [6.45, 7) is 4.07. The summed E-state index contributed by atoms with van der Waals surface area (Å²) >= 11 is 9.54. The van der Waals surface area contributed by atoms with Gasteiger partial charge in [0.15, 0.2) is 0 Å². The van der Waals surface area contributed by atoms with Gasteiger partial charge in [-0.3, -0.25) is 13.9 Å². The van der Waals surface area contributed by atoms with Crippen LogP contribution >= 0.6 is 27.5 Å². The molecule has 0 aliphatic carbocycles. The van der Waals surface area contributed by atoms with Crippen LogP contribution in [0, 0.1) is 0 Å². The van der Waals surface area contributed by atoms with Gasteiger partial charge in [0.05, 0.1) is 17.2 Å². The summed E-state index contributed by atoms with van der Waals surface area (Å²) in [6.07, 6.45) is 1.91.